The van der Waals surface area contributed by atoms with Gasteiger partial charge in [0, 0.05) is 43.2 Å². The number of aromatic nitrogens is 3. The van der Waals surface area contributed by atoms with Crippen LogP contribution in [0, 0.1) is 0 Å². The van der Waals surface area contributed by atoms with Gasteiger partial charge in [0.1, 0.15) is 17.9 Å². The van der Waals surface area contributed by atoms with E-state index in [4.69, 9.17) is 19.7 Å². The van der Waals surface area contributed by atoms with Gasteiger partial charge < -0.3 is 24.8 Å². The minimum absolute atomic E-state index is 0.00830. The lowest BCUT2D eigenvalue weighted by atomic mass is 9.98. The quantitative estimate of drug-likeness (QED) is 0.143. The van der Waals surface area contributed by atoms with Crippen molar-refractivity contribution >= 4 is 29.2 Å². The number of allylic oxidation sites excluding steroid dienone is 1. The highest BCUT2D eigenvalue weighted by Crippen LogP contribution is 2.36. The summed E-state index contributed by atoms with van der Waals surface area (Å²) in [6.07, 6.45) is 9.13. The van der Waals surface area contributed by atoms with E-state index in [1.165, 1.54) is 7.11 Å². The molecule has 0 radical (unpaired) electrons. The Labute approximate surface area is 338 Å². The van der Waals surface area contributed by atoms with Crippen LogP contribution in [-0.2, 0) is 14.3 Å². The summed E-state index contributed by atoms with van der Waals surface area (Å²) in [5.74, 6) is 0.621. The van der Waals surface area contributed by atoms with Gasteiger partial charge >= 0.3 is 6.09 Å². The molecule has 2 N–H and O–H groups in total. The van der Waals surface area contributed by atoms with Crippen molar-refractivity contribution in [1.29, 1.82) is 0 Å². The fraction of sp³-hybridized carbons (Fsp3) is 0.304. The largest absolute Gasteiger partial charge is 0.453 e. The number of carbonyl (C=O) groups is 3. The van der Waals surface area contributed by atoms with Gasteiger partial charge in [0.15, 0.2) is 0 Å². The molecule has 0 unspecified atom stereocenters. The molecular formula is C46H48N8O4. The SMILES string of the molecule is COC(=O)N[C@@H](C(=O)N1CCC[C@H]1c1ncc(-c2ccc(-c3ccc(C4=CN=C([C@@H]5CCCN5C(=O)[C@@H](c5ccccc5)N(C)C)C4)cn3)cc2)[nH]1)c1ccccc1. The number of carbonyl (C=O) groups excluding carboxylic acids is 3. The third-order valence-electron chi connectivity index (χ3n) is 11.4. The minimum Gasteiger partial charge on any atom is -0.453 e. The van der Waals surface area contributed by atoms with Gasteiger partial charge in [-0.05, 0) is 73.7 Å². The van der Waals surface area contributed by atoms with Gasteiger partial charge in [-0.2, -0.15) is 0 Å². The predicted molar refractivity (Wildman–Crippen MR) is 223 cm³/mol. The second-order valence-electron chi connectivity index (χ2n) is 15.3. The van der Waals surface area contributed by atoms with Crippen molar-refractivity contribution in [3.8, 4) is 22.5 Å². The molecule has 2 aromatic heterocycles. The number of alkyl carbamates (subject to hydrolysis) is 1. The zero-order valence-electron chi connectivity index (χ0n) is 33.0. The van der Waals surface area contributed by atoms with Crippen molar-refractivity contribution < 1.29 is 19.1 Å². The maximum Gasteiger partial charge on any atom is 0.407 e. The van der Waals surface area contributed by atoms with Crippen LogP contribution >= 0.6 is 0 Å². The molecule has 2 saturated heterocycles. The lowest BCUT2D eigenvalue weighted by Crippen LogP contribution is -2.45. The molecule has 0 bridgehead atoms. The standard InChI is InChI=1S/C46H48N8O4/c1-52(2)42(33-14-8-5-9-15-33)45(56)53-24-10-16-39(53)37-26-35(28-48-37)34-22-23-36(47-27-34)30-18-20-31(21-19-30)38-29-49-43(50-38)40-17-11-25-54(40)44(55)41(51-46(57)58-3)32-12-6-4-7-13-32/h4-9,12-15,18-23,27-29,39-42H,10-11,16-17,24-26H2,1-3H3,(H,49,50)(H,51,57)/t39-,40-,41+,42+/m0/s1. The summed E-state index contributed by atoms with van der Waals surface area (Å²) in [5, 5.41) is 2.72. The average molecular weight is 777 g/mol. The number of H-pyrrole nitrogens is 1. The first kappa shape index (κ1) is 38.5. The molecule has 3 amide bonds. The van der Waals surface area contributed by atoms with Gasteiger partial charge in [0.25, 0.3) is 5.91 Å². The van der Waals surface area contributed by atoms with E-state index in [-0.39, 0.29) is 29.9 Å². The fourth-order valence-corrected chi connectivity index (χ4v) is 8.48. The molecule has 0 aliphatic carbocycles. The molecule has 5 aromatic rings. The van der Waals surface area contributed by atoms with Crippen molar-refractivity contribution in [2.75, 3.05) is 34.3 Å². The van der Waals surface area contributed by atoms with Crippen LogP contribution in [0.15, 0.2) is 121 Å². The highest BCUT2D eigenvalue weighted by Gasteiger charge is 2.39. The average Bonchev–Trinajstić information content (AvgIpc) is 4.11. The molecule has 12 heteroatoms. The van der Waals surface area contributed by atoms with E-state index >= 15 is 0 Å². The van der Waals surface area contributed by atoms with Crippen molar-refractivity contribution in [2.24, 2.45) is 4.99 Å². The van der Waals surface area contributed by atoms with Crippen molar-refractivity contribution in [1.82, 2.24) is 35.0 Å². The Bertz CT molecular complexity index is 2310. The number of pyridine rings is 1. The predicted octanol–water partition coefficient (Wildman–Crippen LogP) is 7.38. The smallest absolute Gasteiger partial charge is 0.407 e. The second-order valence-corrected chi connectivity index (χ2v) is 15.3. The first-order chi connectivity index (χ1) is 28.3. The molecule has 4 atom stereocenters. The number of aromatic amines is 1. The molecule has 8 rings (SSSR count). The van der Waals surface area contributed by atoms with Gasteiger partial charge in [-0.3, -0.25) is 24.5 Å². The molecule has 3 aliphatic heterocycles. The molecule has 296 valence electrons. The molecule has 0 spiro atoms. The van der Waals surface area contributed by atoms with Crippen LogP contribution in [0.2, 0.25) is 0 Å². The number of imidazole rings is 1. The van der Waals surface area contributed by atoms with Crippen LogP contribution in [0.5, 0.6) is 0 Å². The molecule has 58 heavy (non-hydrogen) atoms. The summed E-state index contributed by atoms with van der Waals surface area (Å²) < 4.78 is 4.83. The summed E-state index contributed by atoms with van der Waals surface area (Å²) in [4.78, 5) is 63.7. The Balaban J connectivity index is 0.902. The maximum atomic E-state index is 13.9. The van der Waals surface area contributed by atoms with Crippen LogP contribution in [-0.4, -0.2) is 93.6 Å². The number of benzene rings is 3. The summed E-state index contributed by atoms with van der Waals surface area (Å²) in [7, 11) is 5.20. The van der Waals surface area contributed by atoms with Gasteiger partial charge in [0.05, 0.1) is 36.8 Å². The van der Waals surface area contributed by atoms with Gasteiger partial charge in [-0.1, -0.05) is 91.0 Å². The first-order valence-electron chi connectivity index (χ1n) is 19.9. The van der Waals surface area contributed by atoms with Crippen LogP contribution in [0.25, 0.3) is 28.1 Å². The van der Waals surface area contributed by atoms with E-state index in [0.717, 1.165) is 77.2 Å². The van der Waals surface area contributed by atoms with Crippen LogP contribution in [0.1, 0.15) is 72.7 Å². The molecule has 5 heterocycles. The molecule has 3 aromatic carbocycles. The molecule has 0 saturated carbocycles. The third-order valence-corrected chi connectivity index (χ3v) is 11.4. The number of likely N-dealkylation sites (N-methyl/N-ethyl adjacent to an activating group) is 1. The third kappa shape index (κ3) is 7.92. The van der Waals surface area contributed by atoms with E-state index in [1.54, 1.807) is 11.1 Å². The molecule has 2 fully saturated rings. The minimum atomic E-state index is -0.874. The van der Waals surface area contributed by atoms with E-state index in [9.17, 15) is 14.4 Å². The summed E-state index contributed by atoms with van der Waals surface area (Å²) in [6.45, 7) is 1.30. The Morgan fingerprint density at radius 1 is 0.759 bits per heavy atom. The number of ether oxygens (including phenoxy) is 1. The number of amides is 3. The zero-order chi connectivity index (χ0) is 40.2. The Morgan fingerprint density at radius 3 is 2.05 bits per heavy atom. The Hall–Kier alpha value is -6.40. The van der Waals surface area contributed by atoms with Gasteiger partial charge in [-0.15, -0.1) is 0 Å². The first-order valence-corrected chi connectivity index (χ1v) is 19.9. The van der Waals surface area contributed by atoms with E-state index < -0.39 is 12.1 Å². The van der Waals surface area contributed by atoms with Crippen molar-refractivity contribution in [3.63, 3.8) is 0 Å². The summed E-state index contributed by atoms with van der Waals surface area (Å²) >= 11 is 0. The number of nitrogens with zero attached hydrogens (tertiary/aromatic N) is 6. The number of methoxy groups -OCH3 is 1. The van der Waals surface area contributed by atoms with Gasteiger partial charge in [-0.25, -0.2) is 9.78 Å². The molecule has 3 aliphatic rings. The number of hydrogen-bond donors (Lipinski definition) is 2. The van der Waals surface area contributed by atoms with E-state index in [2.05, 4.69) is 16.4 Å². The highest BCUT2D eigenvalue weighted by atomic mass is 16.5. The van der Waals surface area contributed by atoms with E-state index in [0.29, 0.717) is 24.4 Å². The number of likely N-dealkylation sites (tertiary alicyclic amines) is 2. The van der Waals surface area contributed by atoms with Crippen molar-refractivity contribution in [3.05, 3.63) is 138 Å². The topological polar surface area (TPSA) is 136 Å². The number of aliphatic imine (C=N–C) groups is 1. The number of nitrogens with one attached hydrogen (secondary N) is 2. The zero-order valence-corrected chi connectivity index (χ0v) is 33.0. The van der Waals surface area contributed by atoms with E-state index in [1.807, 2.05) is 127 Å². The normalized spacial score (nSPS) is 18.8. The molecule has 12 nitrogen and oxygen atoms in total. The Morgan fingerprint density at radius 2 is 1.40 bits per heavy atom. The monoisotopic (exact) mass is 776 g/mol. The fourth-order valence-electron chi connectivity index (χ4n) is 8.48. The van der Waals surface area contributed by atoms with Crippen LogP contribution in [0.4, 0.5) is 4.79 Å². The lowest BCUT2D eigenvalue weighted by Gasteiger charge is -2.32. The maximum absolute atomic E-state index is 13.9. The lowest BCUT2D eigenvalue weighted by molar-refractivity contribution is -0.136. The van der Waals surface area contributed by atoms with Crippen LogP contribution in [0.3, 0.4) is 0 Å². The molecular weight excluding hydrogens is 729 g/mol. The summed E-state index contributed by atoms with van der Waals surface area (Å²) in [5.41, 5.74) is 8.49. The number of rotatable bonds is 11. The highest BCUT2D eigenvalue weighted by molar-refractivity contribution is 6.03. The van der Waals surface area contributed by atoms with Gasteiger partial charge in [0.2, 0.25) is 5.91 Å². The van der Waals surface area contributed by atoms with Crippen molar-refractivity contribution in [2.45, 2.75) is 56.3 Å². The van der Waals surface area contributed by atoms with Crippen LogP contribution < -0.4 is 5.32 Å². The summed E-state index contributed by atoms with van der Waals surface area (Å²) in [6, 6.07) is 30.0. The number of hydrogen-bond acceptors (Lipinski definition) is 8. The Kier molecular flexibility index (Phi) is 11.3. The second kappa shape index (κ2) is 17.0.